The SMILES string of the molecule is Cc1ccc(NC(=O)c2c(C)cc(C)n(C)c2=O)c(Br)c1. The molecular formula is C16H17BrN2O2. The number of aromatic nitrogens is 1. The molecular weight excluding hydrogens is 332 g/mol. The molecule has 0 spiro atoms. The van der Waals surface area contributed by atoms with Gasteiger partial charge in [0.2, 0.25) is 0 Å². The molecule has 2 aromatic rings. The Morgan fingerprint density at radius 3 is 2.48 bits per heavy atom. The fourth-order valence-electron chi connectivity index (χ4n) is 2.16. The Morgan fingerprint density at radius 2 is 1.86 bits per heavy atom. The topological polar surface area (TPSA) is 51.1 Å². The average molecular weight is 349 g/mol. The van der Waals surface area contributed by atoms with Crippen LogP contribution >= 0.6 is 15.9 Å². The molecule has 1 aromatic carbocycles. The minimum atomic E-state index is -0.391. The van der Waals surface area contributed by atoms with Gasteiger partial charge in [-0.1, -0.05) is 6.07 Å². The molecule has 0 aliphatic rings. The summed E-state index contributed by atoms with van der Waals surface area (Å²) in [5.74, 6) is -0.391. The molecule has 5 heteroatoms. The van der Waals surface area contributed by atoms with Gasteiger partial charge in [-0.2, -0.15) is 0 Å². The molecule has 0 unspecified atom stereocenters. The Labute approximate surface area is 131 Å². The number of carbonyl (C=O) groups excluding carboxylic acids is 1. The van der Waals surface area contributed by atoms with Crippen LogP contribution in [0.4, 0.5) is 5.69 Å². The van der Waals surface area contributed by atoms with Crippen molar-refractivity contribution in [2.75, 3.05) is 5.32 Å². The van der Waals surface area contributed by atoms with Crippen molar-refractivity contribution in [3.8, 4) is 0 Å². The van der Waals surface area contributed by atoms with E-state index in [1.807, 2.05) is 38.1 Å². The zero-order valence-electron chi connectivity index (χ0n) is 12.5. The third kappa shape index (κ3) is 3.08. The number of rotatable bonds is 2. The summed E-state index contributed by atoms with van der Waals surface area (Å²) in [6.45, 7) is 5.58. The highest BCUT2D eigenvalue weighted by Crippen LogP contribution is 2.24. The van der Waals surface area contributed by atoms with E-state index >= 15 is 0 Å². The van der Waals surface area contributed by atoms with Crippen molar-refractivity contribution < 1.29 is 4.79 Å². The number of nitrogens with one attached hydrogen (secondary N) is 1. The van der Waals surface area contributed by atoms with Crippen LogP contribution in [0.5, 0.6) is 0 Å². The van der Waals surface area contributed by atoms with Crippen molar-refractivity contribution in [2.45, 2.75) is 20.8 Å². The van der Waals surface area contributed by atoms with Crippen LogP contribution in [0.25, 0.3) is 0 Å². The fourth-order valence-corrected chi connectivity index (χ4v) is 2.75. The van der Waals surface area contributed by atoms with Gasteiger partial charge in [-0.3, -0.25) is 9.59 Å². The van der Waals surface area contributed by atoms with Gasteiger partial charge < -0.3 is 9.88 Å². The van der Waals surface area contributed by atoms with Crippen molar-refractivity contribution in [1.29, 1.82) is 0 Å². The van der Waals surface area contributed by atoms with Gasteiger partial charge in [0.1, 0.15) is 5.56 Å². The monoisotopic (exact) mass is 348 g/mol. The molecule has 0 radical (unpaired) electrons. The number of halogens is 1. The van der Waals surface area contributed by atoms with Crippen LogP contribution in [0.1, 0.15) is 27.2 Å². The van der Waals surface area contributed by atoms with Crippen LogP contribution in [0.3, 0.4) is 0 Å². The van der Waals surface area contributed by atoms with Crippen LogP contribution in [0.15, 0.2) is 33.5 Å². The maximum atomic E-state index is 12.4. The van der Waals surface area contributed by atoms with Gasteiger partial charge in [0.05, 0.1) is 5.69 Å². The lowest BCUT2D eigenvalue weighted by atomic mass is 10.1. The highest BCUT2D eigenvalue weighted by molar-refractivity contribution is 9.10. The lowest BCUT2D eigenvalue weighted by Crippen LogP contribution is -2.30. The van der Waals surface area contributed by atoms with E-state index in [-0.39, 0.29) is 11.1 Å². The molecule has 0 aliphatic heterocycles. The highest BCUT2D eigenvalue weighted by atomic mass is 79.9. The minimum absolute atomic E-state index is 0.176. The summed E-state index contributed by atoms with van der Waals surface area (Å²) in [5, 5.41) is 2.78. The maximum absolute atomic E-state index is 12.4. The summed E-state index contributed by atoms with van der Waals surface area (Å²) in [5.41, 5.74) is 3.13. The molecule has 1 aromatic heterocycles. The molecule has 0 bridgehead atoms. The highest BCUT2D eigenvalue weighted by Gasteiger charge is 2.17. The first kappa shape index (κ1) is 15.5. The molecule has 21 heavy (non-hydrogen) atoms. The summed E-state index contributed by atoms with van der Waals surface area (Å²) in [4.78, 5) is 24.7. The summed E-state index contributed by atoms with van der Waals surface area (Å²) in [6.07, 6.45) is 0. The second kappa shape index (κ2) is 5.85. The van der Waals surface area contributed by atoms with Crippen LogP contribution in [0.2, 0.25) is 0 Å². The average Bonchev–Trinajstić information content (AvgIpc) is 2.39. The number of amides is 1. The molecule has 1 N–H and O–H groups in total. The molecule has 0 saturated heterocycles. The van der Waals surface area contributed by atoms with E-state index in [0.717, 1.165) is 15.7 Å². The fraction of sp³-hybridized carbons (Fsp3) is 0.250. The number of carbonyl (C=O) groups is 1. The Morgan fingerprint density at radius 1 is 1.19 bits per heavy atom. The number of nitrogens with zero attached hydrogens (tertiary/aromatic N) is 1. The molecule has 0 fully saturated rings. The smallest absolute Gasteiger partial charge is 0.263 e. The molecule has 110 valence electrons. The maximum Gasteiger partial charge on any atom is 0.263 e. The number of hydrogen-bond donors (Lipinski definition) is 1. The summed E-state index contributed by atoms with van der Waals surface area (Å²) in [6, 6.07) is 7.46. The van der Waals surface area contributed by atoms with Crippen molar-refractivity contribution in [3.63, 3.8) is 0 Å². The van der Waals surface area contributed by atoms with Gasteiger partial charge in [-0.05, 0) is 66.0 Å². The largest absolute Gasteiger partial charge is 0.321 e. The van der Waals surface area contributed by atoms with Crippen molar-refractivity contribution >= 4 is 27.5 Å². The Kier molecular flexibility index (Phi) is 4.32. The molecule has 0 aliphatic carbocycles. The number of anilines is 1. The molecule has 1 heterocycles. The van der Waals surface area contributed by atoms with E-state index in [4.69, 9.17) is 0 Å². The standard InChI is InChI=1S/C16H17BrN2O2/c1-9-5-6-13(12(17)7-9)18-15(20)14-10(2)8-11(3)19(4)16(14)21/h5-8H,1-4H3,(H,18,20). The summed E-state index contributed by atoms with van der Waals surface area (Å²) < 4.78 is 2.27. The predicted molar refractivity (Wildman–Crippen MR) is 88.0 cm³/mol. The van der Waals surface area contributed by atoms with Crippen molar-refractivity contribution in [1.82, 2.24) is 4.57 Å². The van der Waals surface area contributed by atoms with Crippen LogP contribution < -0.4 is 10.9 Å². The van der Waals surface area contributed by atoms with E-state index in [1.165, 1.54) is 4.57 Å². The third-order valence-corrected chi connectivity index (χ3v) is 4.12. The van der Waals surface area contributed by atoms with Gasteiger partial charge in [0.25, 0.3) is 11.5 Å². The van der Waals surface area contributed by atoms with Crippen molar-refractivity contribution in [2.24, 2.45) is 7.05 Å². The van der Waals surface area contributed by atoms with E-state index in [2.05, 4.69) is 21.2 Å². The first-order valence-corrected chi connectivity index (χ1v) is 7.35. The number of hydrogen-bond acceptors (Lipinski definition) is 2. The van der Waals surface area contributed by atoms with Crippen LogP contribution in [0, 0.1) is 20.8 Å². The summed E-state index contributed by atoms with van der Waals surface area (Å²) >= 11 is 3.41. The summed E-state index contributed by atoms with van der Waals surface area (Å²) in [7, 11) is 1.66. The van der Waals surface area contributed by atoms with Crippen LogP contribution in [-0.2, 0) is 7.05 Å². The predicted octanol–water partition coefficient (Wildman–Crippen LogP) is 3.33. The molecule has 2 rings (SSSR count). The Balaban J connectivity index is 2.42. The number of pyridine rings is 1. The minimum Gasteiger partial charge on any atom is -0.321 e. The normalized spacial score (nSPS) is 10.5. The van der Waals surface area contributed by atoms with Gasteiger partial charge in [-0.25, -0.2) is 0 Å². The van der Waals surface area contributed by atoms with Gasteiger partial charge in [-0.15, -0.1) is 0 Å². The van der Waals surface area contributed by atoms with Crippen LogP contribution in [-0.4, -0.2) is 10.5 Å². The van der Waals surface area contributed by atoms with Gasteiger partial charge >= 0.3 is 0 Å². The molecule has 4 nitrogen and oxygen atoms in total. The zero-order chi connectivity index (χ0) is 15.7. The van der Waals surface area contributed by atoms with Crippen molar-refractivity contribution in [3.05, 3.63) is 61.5 Å². The lowest BCUT2D eigenvalue weighted by Gasteiger charge is -2.12. The molecule has 0 atom stereocenters. The number of benzene rings is 1. The second-order valence-corrected chi connectivity index (χ2v) is 6.00. The second-order valence-electron chi connectivity index (χ2n) is 5.15. The quantitative estimate of drug-likeness (QED) is 0.904. The molecule has 0 saturated carbocycles. The van der Waals surface area contributed by atoms with E-state index in [0.29, 0.717) is 11.3 Å². The van der Waals surface area contributed by atoms with E-state index in [9.17, 15) is 9.59 Å². The van der Waals surface area contributed by atoms with Gasteiger partial charge in [0, 0.05) is 17.2 Å². The number of aryl methyl sites for hydroxylation is 3. The molecule has 1 amide bonds. The Bertz CT molecular complexity index is 779. The van der Waals surface area contributed by atoms with E-state index in [1.54, 1.807) is 14.0 Å². The Hall–Kier alpha value is -1.88. The third-order valence-electron chi connectivity index (χ3n) is 3.47. The van der Waals surface area contributed by atoms with E-state index < -0.39 is 5.91 Å². The lowest BCUT2D eigenvalue weighted by molar-refractivity contribution is 0.102. The first-order valence-electron chi connectivity index (χ1n) is 6.56. The van der Waals surface area contributed by atoms with Gasteiger partial charge in [0.15, 0.2) is 0 Å². The first-order chi connectivity index (χ1) is 9.81. The zero-order valence-corrected chi connectivity index (χ0v) is 14.0.